The van der Waals surface area contributed by atoms with Crippen molar-refractivity contribution in [2.24, 2.45) is 0 Å². The number of ether oxygens (including phenoxy) is 1. The fraction of sp³-hybridized carbons (Fsp3) is 0.250. The molecular weight excluding hydrogens is 180 g/mol. The van der Waals surface area contributed by atoms with Gasteiger partial charge in [-0.15, -0.1) is 0 Å². The van der Waals surface area contributed by atoms with Gasteiger partial charge in [0.2, 0.25) is 0 Å². The maximum Gasteiger partial charge on any atom is 0.509 e. The van der Waals surface area contributed by atoms with Gasteiger partial charge in [0.05, 0.1) is 12.1 Å². The molecule has 1 fully saturated rings. The van der Waals surface area contributed by atoms with Crippen molar-refractivity contribution in [3.05, 3.63) is 35.9 Å². The highest BCUT2D eigenvalue weighted by Crippen LogP contribution is 2.45. The van der Waals surface area contributed by atoms with Crippen molar-refractivity contribution < 1.29 is 17.7 Å². The molecule has 0 saturated carbocycles. The largest absolute Gasteiger partial charge is 0.509 e. The number of benzene rings is 1. The fourth-order valence-electron chi connectivity index (χ4n) is 1.32. The quantitative estimate of drug-likeness (QED) is 0.511. The third-order valence-corrected chi connectivity index (χ3v) is 2.03. The van der Waals surface area contributed by atoms with E-state index < -0.39 is 19.1 Å². The minimum absolute atomic E-state index is 0.603. The lowest BCUT2D eigenvalue weighted by Crippen LogP contribution is -2.24. The number of epoxide rings is 1. The van der Waals surface area contributed by atoms with Crippen LogP contribution in [-0.2, 0) is 4.74 Å². The Hall–Kier alpha value is -0.965. The Labute approximate surface area is 73.6 Å². The van der Waals surface area contributed by atoms with Crippen molar-refractivity contribution in [2.45, 2.75) is 12.1 Å². The summed E-state index contributed by atoms with van der Waals surface area (Å²) in [5.41, 5.74) is 0.603. The average Bonchev–Trinajstić information content (AvgIpc) is 2.83. The van der Waals surface area contributed by atoms with Gasteiger partial charge < -0.3 is 17.7 Å². The summed E-state index contributed by atoms with van der Waals surface area (Å²) in [5.74, 6) is 0. The zero-order valence-electron chi connectivity index (χ0n) is 6.66. The van der Waals surface area contributed by atoms with Gasteiger partial charge in [0, 0.05) is 0 Å². The van der Waals surface area contributed by atoms with E-state index in [-0.39, 0.29) is 0 Å². The molecule has 1 aliphatic heterocycles. The van der Waals surface area contributed by atoms with Gasteiger partial charge in [-0.2, -0.15) is 0 Å². The molecule has 0 unspecified atom stereocenters. The predicted octanol–water partition coefficient (Wildman–Crippen LogP) is 2.51. The Bertz CT molecular complexity index is 298. The van der Waals surface area contributed by atoms with Crippen LogP contribution in [0.25, 0.3) is 0 Å². The molecule has 0 bridgehead atoms. The summed E-state index contributed by atoms with van der Waals surface area (Å²) in [7, 11) is 0. The Kier molecular flexibility index (Phi) is 1.84. The number of hydrogen-bond donors (Lipinski definition) is 0. The van der Waals surface area contributed by atoms with Crippen LogP contribution in [0.1, 0.15) is 11.7 Å². The van der Waals surface area contributed by atoms with E-state index in [0.717, 1.165) is 0 Å². The lowest BCUT2D eigenvalue weighted by atomic mass is 9.82. The van der Waals surface area contributed by atoms with Crippen LogP contribution in [0.4, 0.5) is 12.9 Å². The number of hydrogen-bond acceptors (Lipinski definition) is 1. The standard InChI is InChI=1S/C8H7BF3O/c10-9(11,12)8-7(13-8)6-4-2-1-3-5-6/h1-5,7-8H/q-1/t7-,8-/m0/s1. The van der Waals surface area contributed by atoms with Crippen LogP contribution < -0.4 is 0 Å². The predicted molar refractivity (Wildman–Crippen MR) is 43.1 cm³/mol. The van der Waals surface area contributed by atoms with Crippen LogP contribution >= 0.6 is 0 Å². The first-order chi connectivity index (χ1) is 6.09. The molecule has 0 aliphatic carbocycles. The van der Waals surface area contributed by atoms with Crippen LogP contribution in [0.5, 0.6) is 0 Å². The monoisotopic (exact) mass is 187 g/mol. The van der Waals surface area contributed by atoms with E-state index in [1.807, 2.05) is 0 Å². The number of halogens is 3. The second-order valence-electron chi connectivity index (χ2n) is 3.06. The molecule has 13 heavy (non-hydrogen) atoms. The van der Waals surface area contributed by atoms with Gasteiger partial charge in [-0.05, 0) is 5.56 Å². The highest BCUT2D eigenvalue weighted by Gasteiger charge is 2.53. The first-order valence-electron chi connectivity index (χ1n) is 3.99. The molecule has 1 heterocycles. The third kappa shape index (κ3) is 1.70. The van der Waals surface area contributed by atoms with Crippen molar-refractivity contribution in [2.75, 3.05) is 0 Å². The molecule has 0 spiro atoms. The zero-order chi connectivity index (χ0) is 9.47. The summed E-state index contributed by atoms with van der Waals surface area (Å²) in [6, 6.07) is 6.93. The molecule has 1 aromatic carbocycles. The summed E-state index contributed by atoms with van der Waals surface area (Å²) in [6.45, 7) is -4.85. The van der Waals surface area contributed by atoms with Crippen LogP contribution in [0.3, 0.4) is 0 Å². The second kappa shape index (κ2) is 2.77. The average molecular weight is 187 g/mol. The van der Waals surface area contributed by atoms with Gasteiger partial charge in [-0.1, -0.05) is 30.3 Å². The second-order valence-corrected chi connectivity index (χ2v) is 3.06. The van der Waals surface area contributed by atoms with E-state index in [1.165, 1.54) is 0 Å². The number of rotatable bonds is 2. The van der Waals surface area contributed by atoms with Crippen molar-refractivity contribution in [1.82, 2.24) is 0 Å². The van der Waals surface area contributed by atoms with Crippen LogP contribution in [0.2, 0.25) is 0 Å². The maximum absolute atomic E-state index is 12.1. The van der Waals surface area contributed by atoms with Gasteiger partial charge in [-0.3, -0.25) is 0 Å². The van der Waals surface area contributed by atoms with E-state index in [2.05, 4.69) is 4.74 Å². The molecule has 0 aromatic heterocycles. The molecule has 2 rings (SSSR count). The molecule has 1 saturated heterocycles. The summed E-state index contributed by atoms with van der Waals surface area (Å²) in [5, 5.41) is 0. The van der Waals surface area contributed by atoms with Crippen LogP contribution in [0.15, 0.2) is 30.3 Å². The summed E-state index contributed by atoms with van der Waals surface area (Å²) < 4.78 is 40.9. The van der Waals surface area contributed by atoms with Crippen molar-refractivity contribution in [1.29, 1.82) is 0 Å². The first kappa shape index (κ1) is 8.63. The topological polar surface area (TPSA) is 12.5 Å². The maximum atomic E-state index is 12.1. The van der Waals surface area contributed by atoms with Gasteiger partial charge >= 0.3 is 6.98 Å². The molecule has 2 atom stereocenters. The molecule has 0 N–H and O–H groups in total. The Morgan fingerprint density at radius 1 is 1.08 bits per heavy atom. The SMILES string of the molecule is F[B-](F)(F)[C@H]1O[C@H]1c1ccccc1. The minimum atomic E-state index is -4.85. The third-order valence-electron chi connectivity index (χ3n) is 2.03. The minimum Gasteiger partial charge on any atom is -0.447 e. The van der Waals surface area contributed by atoms with Crippen molar-refractivity contribution in [3.8, 4) is 0 Å². The van der Waals surface area contributed by atoms with Gasteiger partial charge in [0.15, 0.2) is 0 Å². The molecule has 1 aliphatic rings. The molecule has 1 aromatic rings. The van der Waals surface area contributed by atoms with Crippen LogP contribution in [-0.4, -0.2) is 13.0 Å². The smallest absolute Gasteiger partial charge is 0.447 e. The van der Waals surface area contributed by atoms with E-state index in [4.69, 9.17) is 0 Å². The van der Waals surface area contributed by atoms with Crippen LogP contribution in [0, 0.1) is 0 Å². The first-order valence-corrected chi connectivity index (χ1v) is 3.99. The van der Waals surface area contributed by atoms with Gasteiger partial charge in [0.25, 0.3) is 0 Å². The molecule has 0 amide bonds. The van der Waals surface area contributed by atoms with E-state index in [9.17, 15) is 12.9 Å². The highest BCUT2D eigenvalue weighted by molar-refractivity contribution is 6.61. The zero-order valence-corrected chi connectivity index (χ0v) is 6.66. The molecule has 0 radical (unpaired) electrons. The Morgan fingerprint density at radius 2 is 1.69 bits per heavy atom. The Balaban J connectivity index is 2.09. The van der Waals surface area contributed by atoms with E-state index in [0.29, 0.717) is 5.56 Å². The summed E-state index contributed by atoms with van der Waals surface area (Å²) in [6.07, 6.45) is -0.763. The lowest BCUT2D eigenvalue weighted by molar-refractivity contribution is 0.357. The van der Waals surface area contributed by atoms with Crippen molar-refractivity contribution in [3.63, 3.8) is 0 Å². The van der Waals surface area contributed by atoms with E-state index in [1.54, 1.807) is 30.3 Å². The normalized spacial score (nSPS) is 27.3. The van der Waals surface area contributed by atoms with Gasteiger partial charge in [-0.25, -0.2) is 0 Å². The van der Waals surface area contributed by atoms with E-state index >= 15 is 0 Å². The van der Waals surface area contributed by atoms with Crippen molar-refractivity contribution >= 4 is 6.98 Å². The molecular formula is C8H7BF3O-. The molecule has 1 nitrogen and oxygen atoms in total. The summed E-state index contributed by atoms with van der Waals surface area (Å²) >= 11 is 0. The fourth-order valence-corrected chi connectivity index (χ4v) is 1.32. The summed E-state index contributed by atoms with van der Waals surface area (Å²) in [4.78, 5) is 0. The molecule has 70 valence electrons. The Morgan fingerprint density at radius 3 is 2.15 bits per heavy atom. The van der Waals surface area contributed by atoms with Gasteiger partial charge in [0.1, 0.15) is 0 Å². The lowest BCUT2D eigenvalue weighted by Gasteiger charge is -2.08. The highest BCUT2D eigenvalue weighted by atomic mass is 19.4. The molecule has 5 heteroatoms.